The molecule has 2 aromatic rings. The Balaban J connectivity index is 2.69. The Morgan fingerprint density at radius 2 is 2.20 bits per heavy atom. The number of carbonyl (C=O) groups excluding carboxylic acids is 1. The second kappa shape index (κ2) is 5.64. The van der Waals surface area contributed by atoms with Crippen LogP contribution in [-0.4, -0.2) is 20.4 Å². The van der Waals surface area contributed by atoms with Crippen molar-refractivity contribution in [3.05, 3.63) is 40.7 Å². The van der Waals surface area contributed by atoms with Crippen LogP contribution in [0, 0.1) is 6.92 Å². The number of hydrogen-bond donors (Lipinski definition) is 1. The Labute approximate surface area is 116 Å². The van der Waals surface area contributed by atoms with Crippen molar-refractivity contribution in [2.24, 2.45) is 0 Å². The average molecular weight is 272 g/mol. The van der Waals surface area contributed by atoms with Crippen molar-refractivity contribution in [1.82, 2.24) is 14.5 Å². The molecule has 2 aromatic heterocycles. The monoisotopic (exact) mass is 272 g/mol. The largest absolute Gasteiger partial charge is 0.322 e. The molecule has 0 aliphatic carbocycles. The zero-order valence-electron chi connectivity index (χ0n) is 11.7. The highest BCUT2D eigenvalue weighted by Crippen LogP contribution is 2.22. The van der Waals surface area contributed by atoms with Crippen LogP contribution in [0.4, 0.5) is 5.69 Å². The molecule has 0 aliphatic rings. The first-order valence-electron chi connectivity index (χ1n) is 6.33. The summed E-state index contributed by atoms with van der Waals surface area (Å²) in [5.74, 6) is -0.276. The molecule has 1 N–H and O–H groups in total. The summed E-state index contributed by atoms with van der Waals surface area (Å²) >= 11 is 0. The van der Waals surface area contributed by atoms with Gasteiger partial charge in [0.15, 0.2) is 0 Å². The molecule has 0 unspecified atom stereocenters. The highest BCUT2D eigenvalue weighted by Gasteiger charge is 2.13. The van der Waals surface area contributed by atoms with Gasteiger partial charge in [-0.25, -0.2) is 9.97 Å². The Morgan fingerprint density at radius 3 is 2.75 bits per heavy atom. The van der Waals surface area contributed by atoms with E-state index < -0.39 is 0 Å². The molecule has 0 saturated carbocycles. The third kappa shape index (κ3) is 2.59. The van der Waals surface area contributed by atoms with Crippen LogP contribution in [0.5, 0.6) is 0 Å². The molecule has 0 radical (unpaired) electrons. The Kier molecular flexibility index (Phi) is 3.93. The molecule has 0 bridgehead atoms. The van der Waals surface area contributed by atoms with E-state index in [0.29, 0.717) is 12.2 Å². The topological polar surface area (TPSA) is 76.9 Å². The molecule has 2 rings (SSSR count). The lowest BCUT2D eigenvalue weighted by molar-refractivity contribution is -0.114. The Bertz CT molecular complexity index is 692. The van der Waals surface area contributed by atoms with E-state index in [2.05, 4.69) is 15.3 Å². The van der Waals surface area contributed by atoms with Crippen molar-refractivity contribution in [3.8, 4) is 11.3 Å². The lowest BCUT2D eigenvalue weighted by Crippen LogP contribution is -2.26. The van der Waals surface area contributed by atoms with Crippen molar-refractivity contribution < 1.29 is 4.79 Å². The number of anilines is 1. The summed E-state index contributed by atoms with van der Waals surface area (Å²) in [4.78, 5) is 31.5. The second-order valence-electron chi connectivity index (χ2n) is 4.38. The zero-order chi connectivity index (χ0) is 14.7. The minimum Gasteiger partial charge on any atom is -0.322 e. The van der Waals surface area contributed by atoms with E-state index in [4.69, 9.17) is 0 Å². The highest BCUT2D eigenvalue weighted by molar-refractivity contribution is 5.89. The Hall–Kier alpha value is -2.50. The van der Waals surface area contributed by atoms with Gasteiger partial charge in [0.05, 0.1) is 5.69 Å². The van der Waals surface area contributed by atoms with E-state index >= 15 is 0 Å². The van der Waals surface area contributed by atoms with E-state index in [0.717, 1.165) is 11.3 Å². The van der Waals surface area contributed by atoms with Crippen LogP contribution in [0.15, 0.2) is 29.5 Å². The predicted molar refractivity (Wildman–Crippen MR) is 76.4 cm³/mol. The van der Waals surface area contributed by atoms with Gasteiger partial charge in [-0.2, -0.15) is 0 Å². The van der Waals surface area contributed by atoms with Crippen molar-refractivity contribution in [2.75, 3.05) is 5.32 Å². The van der Waals surface area contributed by atoms with Crippen LogP contribution in [0.3, 0.4) is 0 Å². The van der Waals surface area contributed by atoms with Gasteiger partial charge in [0.1, 0.15) is 12.0 Å². The fraction of sp³-hybridized carbons (Fsp3) is 0.286. The molecule has 2 heterocycles. The molecule has 0 aromatic carbocycles. The van der Waals surface area contributed by atoms with Gasteiger partial charge in [0.25, 0.3) is 5.56 Å². The van der Waals surface area contributed by atoms with Crippen molar-refractivity contribution in [2.45, 2.75) is 27.3 Å². The minimum absolute atomic E-state index is 0.210. The maximum absolute atomic E-state index is 12.3. The molecule has 0 atom stereocenters. The first-order chi connectivity index (χ1) is 9.54. The summed E-state index contributed by atoms with van der Waals surface area (Å²) in [5, 5.41) is 2.57. The van der Waals surface area contributed by atoms with Crippen molar-refractivity contribution in [1.29, 1.82) is 0 Å². The second-order valence-corrected chi connectivity index (χ2v) is 4.38. The maximum atomic E-state index is 12.3. The summed E-state index contributed by atoms with van der Waals surface area (Å²) in [7, 11) is 0. The van der Waals surface area contributed by atoms with E-state index in [1.165, 1.54) is 13.3 Å². The highest BCUT2D eigenvalue weighted by atomic mass is 16.2. The number of nitrogens with zero attached hydrogens (tertiary/aromatic N) is 3. The standard InChI is InChI=1S/C14H16N4O2/c1-4-18-9(2)11(12-5-6-15-8-16-12)7-13(14(18)20)17-10(3)19/h5-8H,4H2,1-3H3,(H,17,19). The van der Waals surface area contributed by atoms with Crippen molar-refractivity contribution in [3.63, 3.8) is 0 Å². The molecule has 6 heteroatoms. The average Bonchev–Trinajstić information content (AvgIpc) is 2.43. The van der Waals surface area contributed by atoms with Gasteiger partial charge in [0.2, 0.25) is 5.91 Å². The van der Waals surface area contributed by atoms with E-state index in [-0.39, 0.29) is 17.2 Å². The first kappa shape index (κ1) is 13.9. The lowest BCUT2D eigenvalue weighted by Gasteiger charge is -2.15. The van der Waals surface area contributed by atoms with Crippen LogP contribution in [-0.2, 0) is 11.3 Å². The number of aromatic nitrogens is 3. The van der Waals surface area contributed by atoms with Gasteiger partial charge < -0.3 is 9.88 Å². The zero-order valence-corrected chi connectivity index (χ0v) is 11.7. The number of carbonyl (C=O) groups is 1. The molecule has 20 heavy (non-hydrogen) atoms. The van der Waals surface area contributed by atoms with Gasteiger partial charge in [0, 0.05) is 30.9 Å². The number of rotatable bonds is 3. The third-order valence-electron chi connectivity index (χ3n) is 3.04. The van der Waals surface area contributed by atoms with Gasteiger partial charge in [-0.1, -0.05) is 0 Å². The van der Waals surface area contributed by atoms with Gasteiger partial charge in [-0.05, 0) is 26.0 Å². The predicted octanol–water partition coefficient (Wildman–Crippen LogP) is 1.59. The van der Waals surface area contributed by atoms with Gasteiger partial charge in [-0.3, -0.25) is 9.59 Å². The molecule has 0 fully saturated rings. The smallest absolute Gasteiger partial charge is 0.274 e. The molecule has 0 aliphatic heterocycles. The quantitative estimate of drug-likeness (QED) is 0.920. The number of nitrogens with one attached hydrogen (secondary N) is 1. The normalized spacial score (nSPS) is 10.3. The molecule has 1 amide bonds. The fourth-order valence-corrected chi connectivity index (χ4v) is 2.12. The van der Waals surface area contributed by atoms with E-state index in [1.54, 1.807) is 22.9 Å². The van der Waals surface area contributed by atoms with Gasteiger partial charge >= 0.3 is 0 Å². The molecule has 6 nitrogen and oxygen atoms in total. The van der Waals surface area contributed by atoms with E-state index in [1.807, 2.05) is 13.8 Å². The fourth-order valence-electron chi connectivity index (χ4n) is 2.12. The SMILES string of the molecule is CCn1c(C)c(-c2ccncn2)cc(NC(C)=O)c1=O. The molecule has 104 valence electrons. The van der Waals surface area contributed by atoms with Crippen molar-refractivity contribution >= 4 is 11.6 Å². The number of amides is 1. The number of pyridine rings is 1. The number of hydrogen-bond acceptors (Lipinski definition) is 4. The molecular formula is C14H16N4O2. The molecular weight excluding hydrogens is 256 g/mol. The molecule has 0 saturated heterocycles. The van der Waals surface area contributed by atoms with Crippen LogP contribution in [0.2, 0.25) is 0 Å². The van der Waals surface area contributed by atoms with Crippen LogP contribution in [0.25, 0.3) is 11.3 Å². The maximum Gasteiger partial charge on any atom is 0.274 e. The minimum atomic E-state index is -0.276. The van der Waals surface area contributed by atoms with E-state index in [9.17, 15) is 9.59 Å². The summed E-state index contributed by atoms with van der Waals surface area (Å²) in [6, 6.07) is 3.43. The van der Waals surface area contributed by atoms with Gasteiger partial charge in [-0.15, -0.1) is 0 Å². The van der Waals surface area contributed by atoms with Crippen LogP contribution >= 0.6 is 0 Å². The summed E-state index contributed by atoms with van der Waals surface area (Å²) in [5.41, 5.74) is 2.38. The summed E-state index contributed by atoms with van der Waals surface area (Å²) in [6.07, 6.45) is 3.09. The third-order valence-corrected chi connectivity index (χ3v) is 3.04. The summed E-state index contributed by atoms with van der Waals surface area (Å²) < 4.78 is 1.61. The first-order valence-corrected chi connectivity index (χ1v) is 6.33. The van der Waals surface area contributed by atoms with Crippen LogP contribution < -0.4 is 10.9 Å². The lowest BCUT2D eigenvalue weighted by atomic mass is 10.1. The summed E-state index contributed by atoms with van der Waals surface area (Å²) in [6.45, 7) is 5.64. The molecule has 0 spiro atoms. The Morgan fingerprint density at radius 1 is 1.45 bits per heavy atom. The van der Waals surface area contributed by atoms with Crippen LogP contribution in [0.1, 0.15) is 19.5 Å².